The first kappa shape index (κ1) is 14.6. The van der Waals surface area contributed by atoms with Crippen LogP contribution >= 0.6 is 10.5 Å². The molecule has 1 atom stereocenters. The van der Waals surface area contributed by atoms with Crippen molar-refractivity contribution in [1.29, 1.82) is 0 Å². The van der Waals surface area contributed by atoms with E-state index >= 15 is 0 Å². The van der Waals surface area contributed by atoms with Crippen LogP contribution in [0.15, 0.2) is 46.7 Å². The number of primary amides is 1. The summed E-state index contributed by atoms with van der Waals surface area (Å²) in [4.78, 5) is 12.3. The Hall–Kier alpha value is -1.81. The van der Waals surface area contributed by atoms with Crippen molar-refractivity contribution >= 4 is 22.4 Å². The van der Waals surface area contributed by atoms with Gasteiger partial charge in [0.2, 0.25) is 0 Å². The highest BCUT2D eigenvalue weighted by Gasteiger charge is 2.24. The van der Waals surface area contributed by atoms with Gasteiger partial charge in [0.1, 0.15) is 5.60 Å². The molecule has 1 amide bonds. The Balaban J connectivity index is 2.20. The van der Waals surface area contributed by atoms with Crippen molar-refractivity contribution in [1.82, 2.24) is 0 Å². The van der Waals surface area contributed by atoms with Gasteiger partial charge in [0.25, 0.3) is 0 Å². The summed E-state index contributed by atoms with van der Waals surface area (Å²) in [6.45, 7) is 3.67. The molecule has 0 aromatic heterocycles. The van der Waals surface area contributed by atoms with Gasteiger partial charge in [-0.15, -0.1) is 10.5 Å². The monoisotopic (exact) mass is 289 g/mol. The Kier molecular flexibility index (Phi) is 4.14. The van der Waals surface area contributed by atoms with Gasteiger partial charge in [0, 0.05) is 6.42 Å². The van der Waals surface area contributed by atoms with Crippen molar-refractivity contribution in [3.05, 3.63) is 57.9 Å². The van der Waals surface area contributed by atoms with Gasteiger partial charge in [-0.05, 0) is 35.3 Å². The minimum atomic E-state index is -0.762. The van der Waals surface area contributed by atoms with E-state index in [1.54, 1.807) is 0 Å². The van der Waals surface area contributed by atoms with Gasteiger partial charge < -0.3 is 10.5 Å². The van der Waals surface area contributed by atoms with Crippen molar-refractivity contribution in [3.63, 3.8) is 0 Å². The molecule has 4 heteroatoms. The number of hydrogen-bond donors (Lipinski definition) is 1. The Labute approximate surface area is 122 Å². The maximum absolute atomic E-state index is 11.0. The Bertz CT molecular complexity index is 615. The first-order valence-corrected chi connectivity index (χ1v) is 7.82. The molecule has 0 fully saturated rings. The van der Waals surface area contributed by atoms with E-state index < -0.39 is 11.7 Å². The highest BCUT2D eigenvalue weighted by atomic mass is 32.2. The number of ether oxygens (including phenoxy) is 1. The average molecular weight is 289 g/mol. The third kappa shape index (κ3) is 3.39. The molecule has 1 aliphatic rings. The first-order chi connectivity index (χ1) is 9.38. The second-order valence-electron chi connectivity index (χ2n) is 5.20. The van der Waals surface area contributed by atoms with Gasteiger partial charge in [0.15, 0.2) is 0 Å². The van der Waals surface area contributed by atoms with Crippen molar-refractivity contribution in [3.8, 4) is 0 Å². The normalized spacial score (nSPS) is 17.9. The number of carbonyl (C=O) groups is 1. The van der Waals surface area contributed by atoms with Gasteiger partial charge >= 0.3 is 6.09 Å². The van der Waals surface area contributed by atoms with Crippen molar-refractivity contribution in [2.45, 2.75) is 25.9 Å². The summed E-state index contributed by atoms with van der Waals surface area (Å²) in [7, 11) is -0.0228. The zero-order valence-corrected chi connectivity index (χ0v) is 12.6. The predicted octanol–water partition coefficient (Wildman–Crippen LogP) is 3.67. The van der Waals surface area contributed by atoms with Crippen LogP contribution in [0.4, 0.5) is 4.79 Å². The molecule has 3 nitrogen and oxygen atoms in total. The second kappa shape index (κ2) is 5.67. The highest BCUT2D eigenvalue weighted by molar-refractivity contribution is 8.20. The fourth-order valence-corrected chi connectivity index (χ4v) is 3.18. The van der Waals surface area contributed by atoms with Crippen molar-refractivity contribution in [2.75, 3.05) is 0 Å². The third-order valence-electron chi connectivity index (χ3n) is 3.22. The van der Waals surface area contributed by atoms with Crippen LogP contribution in [0.5, 0.6) is 0 Å². The molecule has 0 saturated carbocycles. The molecule has 1 aliphatic heterocycles. The fourth-order valence-electron chi connectivity index (χ4n) is 2.14. The Morgan fingerprint density at radius 2 is 2.20 bits per heavy atom. The molecule has 2 rings (SSSR count). The molecule has 1 aromatic carbocycles. The number of hydrogen-bond acceptors (Lipinski definition) is 2. The summed E-state index contributed by atoms with van der Waals surface area (Å²) in [6, 6.07) is 8.04. The first-order valence-electron chi connectivity index (χ1n) is 6.36. The van der Waals surface area contributed by atoms with Gasteiger partial charge in [0.05, 0.1) is 0 Å². The van der Waals surface area contributed by atoms with Gasteiger partial charge in [-0.25, -0.2) is 4.79 Å². The minimum Gasteiger partial charge on any atom is -0.439 e. The van der Waals surface area contributed by atoms with Crippen LogP contribution in [0.25, 0.3) is 0 Å². The lowest BCUT2D eigenvalue weighted by molar-refractivity contribution is 0.0432. The second-order valence-corrected chi connectivity index (χ2v) is 6.85. The van der Waals surface area contributed by atoms with Crippen LogP contribution in [0.1, 0.15) is 25.0 Å². The van der Waals surface area contributed by atoms with E-state index in [-0.39, 0.29) is 10.5 Å². The molecule has 1 unspecified atom stereocenters. The molecule has 1 heterocycles. The summed E-state index contributed by atoms with van der Waals surface area (Å²) in [5, 5.41) is 2.11. The highest BCUT2D eigenvalue weighted by Crippen LogP contribution is 2.33. The number of amides is 1. The third-order valence-corrected chi connectivity index (χ3v) is 4.66. The van der Waals surface area contributed by atoms with E-state index in [1.807, 2.05) is 26.0 Å². The zero-order chi connectivity index (χ0) is 14.8. The lowest BCUT2D eigenvalue weighted by atomic mass is 9.95. The molecule has 0 radical (unpaired) electrons. The number of rotatable bonds is 4. The van der Waals surface area contributed by atoms with Crippen LogP contribution in [-0.4, -0.2) is 12.0 Å². The van der Waals surface area contributed by atoms with E-state index in [0.29, 0.717) is 0 Å². The zero-order valence-electron chi connectivity index (χ0n) is 11.8. The van der Waals surface area contributed by atoms with E-state index in [4.69, 9.17) is 10.5 Å². The summed E-state index contributed by atoms with van der Waals surface area (Å²) < 4.78 is 5.17. The maximum Gasteiger partial charge on any atom is 0.405 e. The molecule has 20 heavy (non-hydrogen) atoms. The number of nitrogens with two attached hydrogens (primary N) is 1. The van der Waals surface area contributed by atoms with Gasteiger partial charge in [-0.3, -0.25) is 0 Å². The molecule has 0 saturated heterocycles. The topological polar surface area (TPSA) is 52.3 Å². The van der Waals surface area contributed by atoms with Gasteiger partial charge in [-0.1, -0.05) is 42.3 Å². The van der Waals surface area contributed by atoms with Crippen LogP contribution < -0.4 is 5.73 Å². The number of allylic oxidation sites excluding steroid dienone is 3. The van der Waals surface area contributed by atoms with Crippen LogP contribution in [-0.2, 0) is 16.8 Å². The summed E-state index contributed by atoms with van der Waals surface area (Å²) >= 11 is 0. The van der Waals surface area contributed by atoms with E-state index in [2.05, 4.69) is 35.6 Å². The molecule has 0 spiro atoms. The predicted molar refractivity (Wildman–Crippen MR) is 85.8 cm³/mol. The lowest BCUT2D eigenvalue weighted by Gasteiger charge is -2.25. The molecule has 1 aromatic rings. The molecule has 2 N–H and O–H groups in total. The van der Waals surface area contributed by atoms with Crippen LogP contribution in [0.2, 0.25) is 0 Å². The molecule has 0 bridgehead atoms. The van der Waals surface area contributed by atoms with E-state index in [0.717, 1.165) is 12.0 Å². The standard InChI is InChI=1S/C16H19NO2S/c1-16(2,19-15(17)18)13-7-4-6-12(10-13)11-14-8-5-9-20(14)3/h4-10H,3,11H2,1-2H3,(H2,17,18). The lowest BCUT2D eigenvalue weighted by Crippen LogP contribution is -2.28. The summed E-state index contributed by atoms with van der Waals surface area (Å²) in [6.07, 6.45) is 4.27. The summed E-state index contributed by atoms with van der Waals surface area (Å²) in [5.74, 6) is 4.11. The van der Waals surface area contributed by atoms with Crippen molar-refractivity contribution in [2.24, 2.45) is 5.73 Å². The largest absolute Gasteiger partial charge is 0.439 e. The average Bonchev–Trinajstić information content (AvgIpc) is 2.74. The van der Waals surface area contributed by atoms with Crippen molar-refractivity contribution < 1.29 is 9.53 Å². The minimum absolute atomic E-state index is 0.0228. The maximum atomic E-state index is 11.0. The van der Waals surface area contributed by atoms with Crippen LogP contribution in [0.3, 0.4) is 0 Å². The van der Waals surface area contributed by atoms with E-state index in [1.165, 1.54) is 10.5 Å². The molecular formula is C16H19NO2S. The Morgan fingerprint density at radius 3 is 2.80 bits per heavy atom. The fraction of sp³-hybridized carbons (Fsp3) is 0.250. The molecule has 106 valence electrons. The van der Waals surface area contributed by atoms with Gasteiger partial charge in [-0.2, -0.15) is 0 Å². The molecule has 0 aliphatic carbocycles. The molecular weight excluding hydrogens is 270 g/mol. The van der Waals surface area contributed by atoms with E-state index in [9.17, 15) is 4.79 Å². The number of carbonyl (C=O) groups excluding carboxylic acids is 1. The summed E-state index contributed by atoms with van der Waals surface area (Å²) in [5.41, 5.74) is 6.51. The SMILES string of the molecule is C=S1C=CC=C1Cc1cccc(C(C)(C)OC(N)=O)c1. The van der Waals surface area contributed by atoms with Crippen LogP contribution in [0, 0.1) is 0 Å². The smallest absolute Gasteiger partial charge is 0.405 e. The number of benzene rings is 1. The Morgan fingerprint density at radius 1 is 1.45 bits per heavy atom. The quantitative estimate of drug-likeness (QED) is 0.860.